The molecule has 8 heteroatoms. The Morgan fingerprint density at radius 2 is 1.97 bits per heavy atom. The molecule has 8 nitrogen and oxygen atoms in total. The monoisotopic (exact) mass is 445 g/mol. The SMILES string of the molecule is COc1ccc(C(=O)NC2CCN3C(=O)c4cc(-c5ccco5)ccc4NC(=O)C3C2)cc1. The van der Waals surface area contributed by atoms with E-state index in [1.54, 1.807) is 60.7 Å². The zero-order valence-corrected chi connectivity index (χ0v) is 18.0. The van der Waals surface area contributed by atoms with Crippen LogP contribution in [-0.2, 0) is 4.79 Å². The van der Waals surface area contributed by atoms with Crippen LogP contribution < -0.4 is 15.4 Å². The van der Waals surface area contributed by atoms with Crippen molar-refractivity contribution in [1.82, 2.24) is 10.2 Å². The fourth-order valence-corrected chi connectivity index (χ4v) is 4.40. The summed E-state index contributed by atoms with van der Waals surface area (Å²) in [5.41, 5.74) is 2.19. The van der Waals surface area contributed by atoms with Crippen molar-refractivity contribution in [1.29, 1.82) is 0 Å². The van der Waals surface area contributed by atoms with Gasteiger partial charge in [-0.15, -0.1) is 0 Å². The number of amides is 3. The first-order valence-electron chi connectivity index (χ1n) is 10.8. The van der Waals surface area contributed by atoms with Crippen LogP contribution in [0.15, 0.2) is 65.3 Å². The minimum atomic E-state index is -0.660. The molecule has 33 heavy (non-hydrogen) atoms. The molecule has 0 bridgehead atoms. The molecule has 0 saturated carbocycles. The Hall–Kier alpha value is -4.07. The van der Waals surface area contributed by atoms with Gasteiger partial charge in [0, 0.05) is 23.7 Å². The highest BCUT2D eigenvalue weighted by atomic mass is 16.5. The van der Waals surface area contributed by atoms with Crippen LogP contribution in [0.4, 0.5) is 5.69 Å². The van der Waals surface area contributed by atoms with Crippen molar-refractivity contribution in [3.05, 3.63) is 72.0 Å². The van der Waals surface area contributed by atoms with Gasteiger partial charge in [-0.3, -0.25) is 14.4 Å². The molecular weight excluding hydrogens is 422 g/mol. The minimum Gasteiger partial charge on any atom is -0.497 e. The molecule has 2 aliphatic rings. The summed E-state index contributed by atoms with van der Waals surface area (Å²) in [6.07, 6.45) is 2.48. The van der Waals surface area contributed by atoms with Crippen LogP contribution in [0, 0.1) is 0 Å². The average molecular weight is 445 g/mol. The van der Waals surface area contributed by atoms with Gasteiger partial charge >= 0.3 is 0 Å². The molecule has 3 heterocycles. The number of anilines is 1. The van der Waals surface area contributed by atoms with Gasteiger partial charge in [0.05, 0.1) is 24.6 Å². The number of methoxy groups -OCH3 is 1. The number of fused-ring (bicyclic) bond motifs is 2. The lowest BCUT2D eigenvalue weighted by Crippen LogP contribution is -2.55. The standard InChI is InChI=1S/C25H23N3O5/c1-32-18-7-4-15(5-8-18)23(29)26-17-10-11-28-21(14-17)24(30)27-20-9-6-16(13-19(20)25(28)31)22-3-2-12-33-22/h2-9,12-13,17,21H,10-11,14H2,1H3,(H,26,29)(H,27,30). The summed E-state index contributed by atoms with van der Waals surface area (Å²) in [7, 11) is 1.57. The largest absolute Gasteiger partial charge is 0.497 e. The van der Waals surface area contributed by atoms with Crippen LogP contribution in [0.1, 0.15) is 33.6 Å². The number of furan rings is 1. The number of carbonyl (C=O) groups is 3. The minimum absolute atomic E-state index is 0.207. The van der Waals surface area contributed by atoms with Crippen molar-refractivity contribution < 1.29 is 23.5 Å². The highest BCUT2D eigenvalue weighted by Crippen LogP contribution is 2.32. The molecule has 2 atom stereocenters. The van der Waals surface area contributed by atoms with Gasteiger partial charge in [-0.2, -0.15) is 0 Å². The second kappa shape index (κ2) is 8.46. The van der Waals surface area contributed by atoms with E-state index < -0.39 is 6.04 Å². The van der Waals surface area contributed by atoms with E-state index in [2.05, 4.69) is 10.6 Å². The molecule has 2 unspecified atom stereocenters. The van der Waals surface area contributed by atoms with Crippen molar-refractivity contribution in [2.75, 3.05) is 19.0 Å². The van der Waals surface area contributed by atoms with Crippen LogP contribution >= 0.6 is 0 Å². The third kappa shape index (κ3) is 3.95. The number of carbonyl (C=O) groups excluding carboxylic acids is 3. The third-order valence-electron chi connectivity index (χ3n) is 6.17. The van der Waals surface area contributed by atoms with Crippen LogP contribution in [0.25, 0.3) is 11.3 Å². The van der Waals surface area contributed by atoms with Gasteiger partial charge in [0.25, 0.3) is 11.8 Å². The second-order valence-corrected chi connectivity index (χ2v) is 8.16. The van der Waals surface area contributed by atoms with E-state index in [1.807, 2.05) is 12.1 Å². The molecule has 0 spiro atoms. The number of nitrogens with one attached hydrogen (secondary N) is 2. The first-order valence-corrected chi connectivity index (χ1v) is 10.8. The fourth-order valence-electron chi connectivity index (χ4n) is 4.40. The van der Waals surface area contributed by atoms with E-state index in [-0.39, 0.29) is 23.8 Å². The Morgan fingerprint density at radius 3 is 2.70 bits per heavy atom. The zero-order valence-electron chi connectivity index (χ0n) is 18.0. The Bertz CT molecular complexity index is 1200. The molecular formula is C25H23N3O5. The first kappa shape index (κ1) is 20.8. The summed E-state index contributed by atoms with van der Waals surface area (Å²) in [5, 5.41) is 5.88. The molecule has 3 aromatic rings. The molecule has 2 aromatic carbocycles. The van der Waals surface area contributed by atoms with Gasteiger partial charge in [-0.1, -0.05) is 0 Å². The van der Waals surface area contributed by atoms with Crippen LogP contribution in [0.5, 0.6) is 5.75 Å². The van der Waals surface area contributed by atoms with E-state index in [0.29, 0.717) is 47.7 Å². The number of piperidine rings is 1. The molecule has 5 rings (SSSR count). The van der Waals surface area contributed by atoms with Crippen LogP contribution in [0.2, 0.25) is 0 Å². The molecule has 0 radical (unpaired) electrons. The summed E-state index contributed by atoms with van der Waals surface area (Å²) >= 11 is 0. The normalized spacial score (nSPS) is 19.7. The first-order chi connectivity index (χ1) is 16.0. The quantitative estimate of drug-likeness (QED) is 0.642. The predicted octanol–water partition coefficient (Wildman–Crippen LogP) is 3.31. The molecule has 1 saturated heterocycles. The Morgan fingerprint density at radius 1 is 1.15 bits per heavy atom. The van der Waals surface area contributed by atoms with E-state index in [4.69, 9.17) is 9.15 Å². The lowest BCUT2D eigenvalue weighted by atomic mass is 9.95. The molecule has 2 N–H and O–H groups in total. The van der Waals surface area contributed by atoms with Gasteiger partial charge in [0.2, 0.25) is 5.91 Å². The summed E-state index contributed by atoms with van der Waals surface area (Å²) in [5.74, 6) is 0.640. The molecule has 2 aliphatic heterocycles. The maximum absolute atomic E-state index is 13.4. The lowest BCUT2D eigenvalue weighted by molar-refractivity contribution is -0.121. The van der Waals surface area contributed by atoms with Gasteiger partial charge in [-0.25, -0.2) is 0 Å². The van der Waals surface area contributed by atoms with Crippen LogP contribution in [0.3, 0.4) is 0 Å². The van der Waals surface area contributed by atoms with Crippen molar-refractivity contribution in [2.45, 2.75) is 24.9 Å². The van der Waals surface area contributed by atoms with E-state index in [0.717, 1.165) is 5.56 Å². The van der Waals surface area contributed by atoms with E-state index in [9.17, 15) is 14.4 Å². The van der Waals surface area contributed by atoms with E-state index >= 15 is 0 Å². The molecule has 3 amide bonds. The Kier molecular flexibility index (Phi) is 5.34. The van der Waals surface area contributed by atoms with Gasteiger partial charge < -0.3 is 24.7 Å². The fraction of sp³-hybridized carbons (Fsp3) is 0.240. The number of hydrogen-bond acceptors (Lipinski definition) is 5. The Balaban J connectivity index is 1.33. The Labute approximate surface area is 190 Å². The lowest BCUT2D eigenvalue weighted by Gasteiger charge is -2.37. The van der Waals surface area contributed by atoms with Crippen molar-refractivity contribution in [3.8, 4) is 17.1 Å². The smallest absolute Gasteiger partial charge is 0.256 e. The zero-order chi connectivity index (χ0) is 22.9. The van der Waals surface area contributed by atoms with Gasteiger partial charge in [0.1, 0.15) is 17.6 Å². The third-order valence-corrected chi connectivity index (χ3v) is 6.17. The van der Waals surface area contributed by atoms with E-state index in [1.165, 1.54) is 0 Å². The highest BCUT2D eigenvalue weighted by molar-refractivity contribution is 6.10. The van der Waals surface area contributed by atoms with Crippen molar-refractivity contribution in [2.24, 2.45) is 0 Å². The van der Waals surface area contributed by atoms with Gasteiger partial charge in [0.15, 0.2) is 0 Å². The maximum Gasteiger partial charge on any atom is 0.256 e. The summed E-state index contributed by atoms with van der Waals surface area (Å²) in [4.78, 5) is 40.6. The second-order valence-electron chi connectivity index (χ2n) is 8.16. The predicted molar refractivity (Wildman–Crippen MR) is 121 cm³/mol. The summed E-state index contributed by atoms with van der Waals surface area (Å²) in [6, 6.07) is 14.8. The highest BCUT2D eigenvalue weighted by Gasteiger charge is 2.40. The maximum atomic E-state index is 13.4. The molecule has 168 valence electrons. The summed E-state index contributed by atoms with van der Waals surface area (Å²) < 4.78 is 10.6. The van der Waals surface area contributed by atoms with Crippen molar-refractivity contribution >= 4 is 23.4 Å². The topological polar surface area (TPSA) is 101 Å². The number of rotatable bonds is 4. The van der Waals surface area contributed by atoms with Gasteiger partial charge in [-0.05, 0) is 67.4 Å². The number of benzene rings is 2. The number of nitrogens with zero attached hydrogens (tertiary/aromatic N) is 1. The number of ether oxygens (including phenoxy) is 1. The molecule has 0 aliphatic carbocycles. The van der Waals surface area contributed by atoms with Crippen LogP contribution in [-0.4, -0.2) is 48.4 Å². The molecule has 1 fully saturated rings. The van der Waals surface area contributed by atoms with Crippen molar-refractivity contribution in [3.63, 3.8) is 0 Å². The summed E-state index contributed by atoms with van der Waals surface area (Å²) in [6.45, 7) is 0.370. The molecule has 1 aromatic heterocycles. The average Bonchev–Trinajstić information content (AvgIpc) is 3.36. The number of hydrogen-bond donors (Lipinski definition) is 2.